The van der Waals surface area contributed by atoms with Crippen molar-refractivity contribution < 1.29 is 19.1 Å². The molecule has 2 aliphatic rings. The van der Waals surface area contributed by atoms with Crippen LogP contribution < -0.4 is 0 Å². The van der Waals surface area contributed by atoms with Crippen molar-refractivity contribution in [2.24, 2.45) is 5.92 Å². The molecule has 1 aromatic rings. The van der Waals surface area contributed by atoms with Crippen LogP contribution in [0.15, 0.2) is 18.5 Å². The first-order chi connectivity index (χ1) is 10.7. The molecule has 0 bridgehead atoms. The first-order valence-corrected chi connectivity index (χ1v) is 7.15. The van der Waals surface area contributed by atoms with Gasteiger partial charge in [-0.3, -0.25) is 9.78 Å². The number of carbonyl (C=O) groups excluding carboxylic acids is 2. The Labute approximate surface area is 127 Å². The van der Waals surface area contributed by atoms with E-state index in [9.17, 15) is 9.59 Å². The number of amides is 1. The van der Waals surface area contributed by atoms with Crippen LogP contribution in [0.5, 0.6) is 0 Å². The van der Waals surface area contributed by atoms with Crippen molar-refractivity contribution in [1.82, 2.24) is 14.9 Å². The molecule has 116 valence electrons. The second kappa shape index (κ2) is 6.23. The van der Waals surface area contributed by atoms with Crippen molar-refractivity contribution >= 4 is 17.4 Å². The van der Waals surface area contributed by atoms with Crippen LogP contribution in [-0.4, -0.2) is 60.2 Å². The average Bonchev–Trinajstić information content (AvgIpc) is 2.52. The summed E-state index contributed by atoms with van der Waals surface area (Å²) in [4.78, 5) is 33.8. The summed E-state index contributed by atoms with van der Waals surface area (Å²) < 4.78 is 9.71. The van der Waals surface area contributed by atoms with E-state index < -0.39 is 5.97 Å². The molecule has 1 amide bonds. The lowest BCUT2D eigenvalue weighted by molar-refractivity contribution is -0.149. The number of methoxy groups -OCH3 is 1. The van der Waals surface area contributed by atoms with Crippen molar-refractivity contribution in [1.29, 1.82) is 0 Å². The van der Waals surface area contributed by atoms with E-state index in [1.807, 2.05) is 11.0 Å². The fourth-order valence-electron chi connectivity index (χ4n) is 2.46. The van der Waals surface area contributed by atoms with Crippen LogP contribution in [-0.2, 0) is 14.3 Å². The highest BCUT2D eigenvalue weighted by molar-refractivity contribution is 5.87. The van der Waals surface area contributed by atoms with Gasteiger partial charge in [0.1, 0.15) is 0 Å². The highest BCUT2D eigenvalue weighted by Gasteiger charge is 2.31. The molecule has 0 radical (unpaired) electrons. The predicted octanol–water partition coefficient (Wildman–Crippen LogP) is 0.525. The Morgan fingerprint density at radius 1 is 1.36 bits per heavy atom. The quantitative estimate of drug-likeness (QED) is 0.757. The molecular weight excluding hydrogens is 286 g/mol. The zero-order chi connectivity index (χ0) is 15.5. The van der Waals surface area contributed by atoms with Crippen molar-refractivity contribution in [2.45, 2.75) is 6.42 Å². The Bertz CT molecular complexity index is 625. The van der Waals surface area contributed by atoms with E-state index in [2.05, 4.69) is 14.7 Å². The van der Waals surface area contributed by atoms with Gasteiger partial charge in [-0.1, -0.05) is 6.08 Å². The maximum Gasteiger partial charge on any atom is 0.358 e. The van der Waals surface area contributed by atoms with Crippen molar-refractivity contribution in [3.05, 3.63) is 29.9 Å². The Balaban J connectivity index is 1.70. The second-order valence-electron chi connectivity index (χ2n) is 5.28. The Morgan fingerprint density at radius 3 is 2.77 bits per heavy atom. The minimum Gasteiger partial charge on any atom is -0.464 e. The van der Waals surface area contributed by atoms with Crippen LogP contribution in [0.3, 0.4) is 0 Å². The second-order valence-corrected chi connectivity index (χ2v) is 5.28. The van der Waals surface area contributed by atoms with Crippen LogP contribution in [0.4, 0.5) is 0 Å². The Hall–Kier alpha value is -2.28. The van der Waals surface area contributed by atoms with Gasteiger partial charge in [0.25, 0.3) is 0 Å². The number of aromatic nitrogens is 2. The number of carbonyl (C=O) groups is 2. The molecule has 3 rings (SSSR count). The zero-order valence-electron chi connectivity index (χ0n) is 12.3. The third kappa shape index (κ3) is 2.85. The van der Waals surface area contributed by atoms with Gasteiger partial charge in [-0.2, -0.15) is 0 Å². The van der Waals surface area contributed by atoms with E-state index in [-0.39, 0.29) is 17.5 Å². The fraction of sp³-hybridized carbons (Fsp3) is 0.467. The number of hydrogen-bond acceptors (Lipinski definition) is 6. The Kier molecular flexibility index (Phi) is 4.15. The minimum absolute atomic E-state index is 0.0115. The van der Waals surface area contributed by atoms with E-state index in [4.69, 9.17) is 4.74 Å². The highest BCUT2D eigenvalue weighted by atomic mass is 16.5. The van der Waals surface area contributed by atoms with Crippen LogP contribution in [0.25, 0.3) is 5.57 Å². The summed E-state index contributed by atoms with van der Waals surface area (Å²) >= 11 is 0. The molecule has 0 atom stereocenters. The van der Waals surface area contributed by atoms with Crippen molar-refractivity contribution in [2.75, 3.05) is 33.4 Å². The summed E-state index contributed by atoms with van der Waals surface area (Å²) in [5.74, 6) is -0.346. The summed E-state index contributed by atoms with van der Waals surface area (Å²) in [6.07, 6.45) is 5.66. The molecule has 22 heavy (non-hydrogen) atoms. The molecule has 0 spiro atoms. The van der Waals surface area contributed by atoms with Crippen LogP contribution in [0.2, 0.25) is 0 Å². The normalized spacial score (nSPS) is 18.4. The van der Waals surface area contributed by atoms with Gasteiger partial charge >= 0.3 is 5.97 Å². The maximum absolute atomic E-state index is 12.1. The van der Waals surface area contributed by atoms with E-state index in [0.29, 0.717) is 38.4 Å². The van der Waals surface area contributed by atoms with E-state index >= 15 is 0 Å². The summed E-state index contributed by atoms with van der Waals surface area (Å²) in [5, 5.41) is 0. The van der Waals surface area contributed by atoms with Gasteiger partial charge in [-0.05, 0) is 12.0 Å². The number of ether oxygens (including phenoxy) is 2. The molecule has 0 aromatic carbocycles. The standard InChI is InChI=1S/C15H17N3O4/c1-21-15(20)13-7-16-6-12(17-13)10-2-4-18(5-3-10)14(19)11-8-22-9-11/h2,6-7,11H,3-5,8-9H2,1H3. The molecule has 1 saturated heterocycles. The number of nitrogens with zero attached hydrogens (tertiary/aromatic N) is 3. The van der Waals surface area contributed by atoms with Crippen LogP contribution in [0, 0.1) is 5.92 Å². The van der Waals surface area contributed by atoms with E-state index in [1.165, 1.54) is 13.3 Å². The van der Waals surface area contributed by atoms with Crippen LogP contribution >= 0.6 is 0 Å². The molecule has 1 fully saturated rings. The van der Waals surface area contributed by atoms with Gasteiger partial charge < -0.3 is 14.4 Å². The van der Waals surface area contributed by atoms with Gasteiger partial charge in [-0.15, -0.1) is 0 Å². The molecule has 3 heterocycles. The highest BCUT2D eigenvalue weighted by Crippen LogP contribution is 2.23. The molecule has 0 unspecified atom stereocenters. The monoisotopic (exact) mass is 303 g/mol. The van der Waals surface area contributed by atoms with E-state index in [0.717, 1.165) is 5.57 Å². The third-order valence-corrected chi connectivity index (χ3v) is 3.87. The maximum atomic E-state index is 12.1. The van der Waals surface area contributed by atoms with Crippen molar-refractivity contribution in [3.8, 4) is 0 Å². The molecule has 7 nitrogen and oxygen atoms in total. The van der Waals surface area contributed by atoms with Crippen LogP contribution in [0.1, 0.15) is 22.6 Å². The minimum atomic E-state index is -0.507. The SMILES string of the molecule is COC(=O)c1cncc(C2=CCN(C(=O)C3COC3)CC2)n1. The predicted molar refractivity (Wildman–Crippen MR) is 76.9 cm³/mol. The third-order valence-electron chi connectivity index (χ3n) is 3.87. The summed E-state index contributed by atoms with van der Waals surface area (Å²) in [6.45, 7) is 2.25. The van der Waals surface area contributed by atoms with Gasteiger partial charge in [0.05, 0.1) is 44.3 Å². The average molecular weight is 303 g/mol. The largest absolute Gasteiger partial charge is 0.464 e. The first kappa shape index (κ1) is 14.6. The molecule has 1 aromatic heterocycles. The van der Waals surface area contributed by atoms with Gasteiger partial charge in [0.2, 0.25) is 5.91 Å². The molecule has 2 aliphatic heterocycles. The lowest BCUT2D eigenvalue weighted by Crippen LogP contribution is -2.46. The van der Waals surface area contributed by atoms with Crippen molar-refractivity contribution in [3.63, 3.8) is 0 Å². The summed E-state index contributed by atoms with van der Waals surface area (Å²) in [7, 11) is 1.31. The van der Waals surface area contributed by atoms with E-state index in [1.54, 1.807) is 6.20 Å². The topological polar surface area (TPSA) is 81.6 Å². The number of esters is 1. The van der Waals surface area contributed by atoms with Gasteiger partial charge in [0, 0.05) is 13.1 Å². The molecular formula is C15H17N3O4. The smallest absolute Gasteiger partial charge is 0.358 e. The first-order valence-electron chi connectivity index (χ1n) is 7.15. The fourth-order valence-corrected chi connectivity index (χ4v) is 2.46. The number of rotatable bonds is 3. The zero-order valence-corrected chi connectivity index (χ0v) is 12.3. The lowest BCUT2D eigenvalue weighted by atomic mass is 10.0. The molecule has 0 aliphatic carbocycles. The van der Waals surface area contributed by atoms with Gasteiger partial charge in [0.15, 0.2) is 5.69 Å². The lowest BCUT2D eigenvalue weighted by Gasteiger charge is -2.33. The molecule has 0 saturated carbocycles. The molecule has 7 heteroatoms. The summed E-state index contributed by atoms with van der Waals surface area (Å²) in [5.41, 5.74) is 1.83. The van der Waals surface area contributed by atoms with Gasteiger partial charge in [-0.25, -0.2) is 9.78 Å². The summed E-state index contributed by atoms with van der Waals surface area (Å²) in [6, 6.07) is 0. The Morgan fingerprint density at radius 2 is 2.18 bits per heavy atom. The number of hydrogen-bond donors (Lipinski definition) is 0. The molecule has 0 N–H and O–H groups in total.